The minimum absolute atomic E-state index is 0.193. The van der Waals surface area contributed by atoms with E-state index in [1.165, 1.54) is 0 Å². The van der Waals surface area contributed by atoms with E-state index in [-0.39, 0.29) is 5.78 Å². The predicted octanol–water partition coefficient (Wildman–Crippen LogP) is 6.37. The SMILES string of the molecule is Cc1ccc(C(=O)c2ccc(C)c(Br)c2Cl)c(Cl)c1Br. The van der Waals surface area contributed by atoms with Crippen molar-refractivity contribution in [1.29, 1.82) is 0 Å². The van der Waals surface area contributed by atoms with Crippen LogP contribution in [0.2, 0.25) is 10.0 Å². The molecule has 0 aliphatic heterocycles. The van der Waals surface area contributed by atoms with Crippen molar-refractivity contribution in [2.45, 2.75) is 13.8 Å². The number of benzene rings is 2. The highest BCUT2D eigenvalue weighted by Crippen LogP contribution is 2.34. The predicted molar refractivity (Wildman–Crippen MR) is 91.2 cm³/mol. The van der Waals surface area contributed by atoms with E-state index < -0.39 is 0 Å². The molecule has 2 aromatic rings. The molecule has 0 radical (unpaired) electrons. The molecular formula is C15H10Br2Cl2O. The van der Waals surface area contributed by atoms with Gasteiger partial charge in [-0.1, -0.05) is 35.3 Å². The first-order chi connectivity index (χ1) is 9.34. The van der Waals surface area contributed by atoms with Crippen LogP contribution in [0.25, 0.3) is 0 Å². The molecule has 0 aliphatic carbocycles. The Balaban J connectivity index is 2.58. The molecule has 0 heterocycles. The van der Waals surface area contributed by atoms with Crippen LogP contribution < -0.4 is 0 Å². The summed E-state index contributed by atoms with van der Waals surface area (Å²) in [5.41, 5.74) is 2.81. The Kier molecular flexibility index (Phi) is 4.96. The van der Waals surface area contributed by atoms with Crippen molar-refractivity contribution in [2.24, 2.45) is 0 Å². The Morgan fingerprint density at radius 2 is 1.20 bits per heavy atom. The molecule has 0 spiro atoms. The average Bonchev–Trinajstić information content (AvgIpc) is 2.42. The van der Waals surface area contributed by atoms with Crippen molar-refractivity contribution in [1.82, 2.24) is 0 Å². The van der Waals surface area contributed by atoms with Gasteiger partial charge in [0.15, 0.2) is 5.78 Å². The van der Waals surface area contributed by atoms with Gasteiger partial charge in [-0.15, -0.1) is 0 Å². The second kappa shape index (κ2) is 6.18. The van der Waals surface area contributed by atoms with E-state index in [0.29, 0.717) is 21.2 Å². The van der Waals surface area contributed by atoms with Crippen molar-refractivity contribution < 1.29 is 4.79 Å². The number of ketones is 1. The Labute approximate surface area is 144 Å². The Bertz CT molecular complexity index is 652. The van der Waals surface area contributed by atoms with Gasteiger partial charge in [0.1, 0.15) is 0 Å². The van der Waals surface area contributed by atoms with Crippen molar-refractivity contribution >= 4 is 60.8 Å². The van der Waals surface area contributed by atoms with E-state index in [0.717, 1.165) is 20.1 Å². The highest BCUT2D eigenvalue weighted by atomic mass is 79.9. The van der Waals surface area contributed by atoms with Crippen LogP contribution in [0.15, 0.2) is 33.2 Å². The lowest BCUT2D eigenvalue weighted by Gasteiger charge is -2.10. The Morgan fingerprint density at radius 1 is 0.850 bits per heavy atom. The maximum absolute atomic E-state index is 12.6. The third kappa shape index (κ3) is 2.82. The summed E-state index contributed by atoms with van der Waals surface area (Å²) in [6.07, 6.45) is 0. The van der Waals surface area contributed by atoms with Gasteiger partial charge in [0, 0.05) is 20.1 Å². The van der Waals surface area contributed by atoms with Crippen molar-refractivity contribution in [3.63, 3.8) is 0 Å². The molecule has 2 aromatic carbocycles. The molecule has 0 fully saturated rings. The summed E-state index contributed by atoms with van der Waals surface area (Å²) in [5.74, 6) is -0.193. The summed E-state index contributed by atoms with van der Waals surface area (Å²) in [5, 5.41) is 0.811. The molecule has 20 heavy (non-hydrogen) atoms. The number of carbonyl (C=O) groups excluding carboxylic acids is 1. The van der Waals surface area contributed by atoms with E-state index in [2.05, 4.69) is 31.9 Å². The van der Waals surface area contributed by atoms with Crippen LogP contribution in [-0.4, -0.2) is 5.78 Å². The summed E-state index contributed by atoms with van der Waals surface area (Å²) in [6, 6.07) is 7.13. The first kappa shape index (κ1) is 16.0. The number of carbonyl (C=O) groups is 1. The van der Waals surface area contributed by atoms with E-state index in [1.54, 1.807) is 12.1 Å². The number of aryl methyl sites for hydroxylation is 2. The van der Waals surface area contributed by atoms with Gasteiger partial charge in [-0.2, -0.15) is 0 Å². The van der Waals surface area contributed by atoms with Gasteiger partial charge in [-0.3, -0.25) is 4.79 Å². The van der Waals surface area contributed by atoms with E-state index in [9.17, 15) is 4.79 Å². The van der Waals surface area contributed by atoms with Gasteiger partial charge >= 0.3 is 0 Å². The molecule has 0 saturated heterocycles. The number of halogens is 4. The monoisotopic (exact) mass is 434 g/mol. The molecule has 0 aromatic heterocycles. The van der Waals surface area contributed by atoms with E-state index in [1.807, 2.05) is 26.0 Å². The molecule has 0 unspecified atom stereocenters. The maximum atomic E-state index is 12.6. The summed E-state index contributed by atoms with van der Waals surface area (Å²) in [7, 11) is 0. The highest BCUT2D eigenvalue weighted by Gasteiger charge is 2.19. The van der Waals surface area contributed by atoms with Gasteiger partial charge in [-0.25, -0.2) is 0 Å². The second-order valence-corrected chi connectivity index (χ2v) is 6.79. The normalized spacial score (nSPS) is 10.7. The minimum atomic E-state index is -0.193. The number of rotatable bonds is 2. The van der Waals surface area contributed by atoms with Crippen LogP contribution in [0.4, 0.5) is 0 Å². The number of hydrogen-bond acceptors (Lipinski definition) is 1. The maximum Gasteiger partial charge on any atom is 0.196 e. The molecule has 0 amide bonds. The lowest BCUT2D eigenvalue weighted by atomic mass is 10.0. The molecular weight excluding hydrogens is 427 g/mol. The smallest absolute Gasteiger partial charge is 0.196 e. The van der Waals surface area contributed by atoms with Gasteiger partial charge < -0.3 is 0 Å². The van der Waals surface area contributed by atoms with Crippen molar-refractivity contribution in [3.05, 3.63) is 65.5 Å². The fourth-order valence-electron chi connectivity index (χ4n) is 1.79. The quantitative estimate of drug-likeness (QED) is 0.500. The van der Waals surface area contributed by atoms with Crippen LogP contribution in [0, 0.1) is 13.8 Å². The molecule has 0 saturated carbocycles. The summed E-state index contributed by atoms with van der Waals surface area (Å²) in [6.45, 7) is 3.83. The molecule has 104 valence electrons. The van der Waals surface area contributed by atoms with Crippen LogP contribution in [0.3, 0.4) is 0 Å². The number of hydrogen-bond donors (Lipinski definition) is 0. The van der Waals surface area contributed by atoms with E-state index in [4.69, 9.17) is 23.2 Å². The zero-order chi connectivity index (χ0) is 15.0. The fourth-order valence-corrected chi connectivity index (χ4v) is 3.08. The molecule has 5 heteroatoms. The Hall–Kier alpha value is -0.350. The molecule has 1 nitrogen and oxygen atoms in total. The van der Waals surface area contributed by atoms with Crippen LogP contribution in [-0.2, 0) is 0 Å². The second-order valence-electron chi connectivity index (χ2n) is 4.45. The third-order valence-corrected chi connectivity index (χ3v) is 6.33. The summed E-state index contributed by atoms with van der Waals surface area (Å²) < 4.78 is 1.46. The van der Waals surface area contributed by atoms with Gasteiger partial charge in [0.25, 0.3) is 0 Å². The molecule has 0 N–H and O–H groups in total. The lowest BCUT2D eigenvalue weighted by molar-refractivity contribution is 0.103. The van der Waals surface area contributed by atoms with E-state index >= 15 is 0 Å². The first-order valence-electron chi connectivity index (χ1n) is 5.78. The molecule has 0 bridgehead atoms. The van der Waals surface area contributed by atoms with Crippen LogP contribution >= 0.6 is 55.1 Å². The third-order valence-electron chi connectivity index (χ3n) is 3.04. The molecule has 0 aliphatic rings. The summed E-state index contributed by atoms with van der Waals surface area (Å²) in [4.78, 5) is 12.6. The topological polar surface area (TPSA) is 17.1 Å². The minimum Gasteiger partial charge on any atom is -0.288 e. The average molecular weight is 437 g/mol. The first-order valence-corrected chi connectivity index (χ1v) is 8.12. The van der Waals surface area contributed by atoms with Gasteiger partial charge in [0.05, 0.1) is 10.0 Å². The fraction of sp³-hybridized carbons (Fsp3) is 0.133. The van der Waals surface area contributed by atoms with Gasteiger partial charge in [-0.05, 0) is 69.0 Å². The zero-order valence-electron chi connectivity index (χ0n) is 10.7. The lowest BCUT2D eigenvalue weighted by Crippen LogP contribution is -2.04. The van der Waals surface area contributed by atoms with Crippen molar-refractivity contribution in [2.75, 3.05) is 0 Å². The van der Waals surface area contributed by atoms with Crippen molar-refractivity contribution in [3.8, 4) is 0 Å². The summed E-state index contributed by atoms with van der Waals surface area (Å²) >= 11 is 19.3. The van der Waals surface area contributed by atoms with Crippen LogP contribution in [0.1, 0.15) is 27.0 Å². The molecule has 2 rings (SSSR count). The molecule has 0 atom stereocenters. The largest absolute Gasteiger partial charge is 0.288 e. The van der Waals surface area contributed by atoms with Gasteiger partial charge in [0.2, 0.25) is 0 Å². The Morgan fingerprint density at radius 3 is 1.55 bits per heavy atom. The standard InChI is InChI=1S/C15H10Br2Cl2O/c1-7-3-5-9(13(18)11(7)16)15(20)10-6-4-8(2)12(17)14(10)19/h3-6H,1-2H3. The van der Waals surface area contributed by atoms with Crippen LogP contribution in [0.5, 0.6) is 0 Å². The highest BCUT2D eigenvalue weighted by molar-refractivity contribution is 9.11. The zero-order valence-corrected chi connectivity index (χ0v) is 15.4.